The SMILES string of the molecule is Cc1cc(C(F)(F)F)c2c(C)nn(CC(=O)Nc3cnn(Cc4ccccc4F)c3)c2n1. The summed E-state index contributed by atoms with van der Waals surface area (Å²) in [5, 5.41) is 10.7. The highest BCUT2D eigenvalue weighted by atomic mass is 19.4. The molecule has 0 saturated carbocycles. The summed E-state index contributed by atoms with van der Waals surface area (Å²) in [6, 6.07) is 7.23. The fourth-order valence-electron chi connectivity index (χ4n) is 3.46. The molecule has 0 unspecified atom stereocenters. The smallest absolute Gasteiger partial charge is 0.322 e. The maximum Gasteiger partial charge on any atom is 0.417 e. The maximum absolute atomic E-state index is 13.8. The number of alkyl halides is 3. The number of aromatic nitrogens is 5. The normalized spacial score (nSPS) is 11.8. The number of fused-ring (bicyclic) bond motifs is 1. The Morgan fingerprint density at radius 1 is 1.19 bits per heavy atom. The number of halogens is 4. The lowest BCUT2D eigenvalue weighted by Gasteiger charge is -2.10. The number of rotatable bonds is 5. The van der Waals surface area contributed by atoms with Gasteiger partial charge in [-0.2, -0.15) is 23.4 Å². The van der Waals surface area contributed by atoms with Gasteiger partial charge in [0.25, 0.3) is 0 Å². The van der Waals surface area contributed by atoms with Crippen LogP contribution in [0.1, 0.15) is 22.5 Å². The summed E-state index contributed by atoms with van der Waals surface area (Å²) in [5.41, 5.74) is 0.249. The molecule has 1 aromatic carbocycles. The Hall–Kier alpha value is -3.76. The molecule has 3 heterocycles. The van der Waals surface area contributed by atoms with Gasteiger partial charge in [0, 0.05) is 17.5 Å². The molecule has 1 N–H and O–H groups in total. The molecule has 3 aromatic heterocycles. The Labute approximate surface area is 179 Å². The standard InChI is InChI=1S/C21H18F4N6O/c1-12-7-16(21(23,24)25)19-13(2)29-31(20(19)27-12)11-18(32)28-15-8-26-30(10-15)9-14-5-3-4-6-17(14)22/h3-8,10H,9,11H2,1-2H3,(H,28,32). The van der Waals surface area contributed by atoms with Crippen molar-refractivity contribution in [2.24, 2.45) is 0 Å². The molecular weight excluding hydrogens is 428 g/mol. The van der Waals surface area contributed by atoms with Gasteiger partial charge in [0.2, 0.25) is 5.91 Å². The largest absolute Gasteiger partial charge is 0.417 e. The Morgan fingerprint density at radius 3 is 2.66 bits per heavy atom. The molecule has 0 radical (unpaired) electrons. The lowest BCUT2D eigenvalue weighted by Crippen LogP contribution is -2.19. The Bertz CT molecular complexity index is 1310. The Morgan fingerprint density at radius 2 is 1.94 bits per heavy atom. The first-order valence-corrected chi connectivity index (χ1v) is 9.59. The average Bonchev–Trinajstić information content (AvgIpc) is 3.26. The third-order valence-electron chi connectivity index (χ3n) is 4.81. The lowest BCUT2D eigenvalue weighted by molar-refractivity contribution is -0.136. The van der Waals surface area contributed by atoms with Crippen molar-refractivity contribution in [3.63, 3.8) is 0 Å². The Kier molecular flexibility index (Phi) is 5.41. The molecule has 0 saturated heterocycles. The van der Waals surface area contributed by atoms with Crippen molar-refractivity contribution >= 4 is 22.6 Å². The predicted octanol–water partition coefficient (Wildman–Crippen LogP) is 4.09. The van der Waals surface area contributed by atoms with Gasteiger partial charge in [-0.05, 0) is 26.0 Å². The van der Waals surface area contributed by atoms with Crippen LogP contribution in [0.5, 0.6) is 0 Å². The second-order valence-electron chi connectivity index (χ2n) is 7.32. The number of anilines is 1. The highest BCUT2D eigenvalue weighted by Crippen LogP contribution is 2.36. The van der Waals surface area contributed by atoms with Crippen molar-refractivity contribution < 1.29 is 22.4 Å². The molecule has 11 heteroatoms. The van der Waals surface area contributed by atoms with Crippen molar-refractivity contribution in [2.75, 3.05) is 5.32 Å². The minimum Gasteiger partial charge on any atom is -0.322 e. The summed E-state index contributed by atoms with van der Waals surface area (Å²) in [4.78, 5) is 16.7. The van der Waals surface area contributed by atoms with Crippen molar-refractivity contribution in [1.82, 2.24) is 24.5 Å². The third kappa shape index (κ3) is 4.32. The number of aryl methyl sites for hydroxylation is 2. The molecule has 32 heavy (non-hydrogen) atoms. The first-order valence-electron chi connectivity index (χ1n) is 9.59. The molecule has 0 atom stereocenters. The van der Waals surface area contributed by atoms with Gasteiger partial charge in [-0.1, -0.05) is 18.2 Å². The van der Waals surface area contributed by atoms with Crippen LogP contribution in [-0.4, -0.2) is 30.5 Å². The van der Waals surface area contributed by atoms with Gasteiger partial charge >= 0.3 is 6.18 Å². The molecule has 0 aliphatic rings. The predicted molar refractivity (Wildman–Crippen MR) is 108 cm³/mol. The van der Waals surface area contributed by atoms with E-state index in [0.717, 1.165) is 10.7 Å². The van der Waals surface area contributed by atoms with Gasteiger partial charge in [-0.25, -0.2) is 14.1 Å². The quantitative estimate of drug-likeness (QED) is 0.469. The number of carbonyl (C=O) groups is 1. The van der Waals surface area contributed by atoms with Gasteiger partial charge in [0.1, 0.15) is 12.4 Å². The summed E-state index contributed by atoms with van der Waals surface area (Å²) >= 11 is 0. The van der Waals surface area contributed by atoms with E-state index in [2.05, 4.69) is 20.5 Å². The molecular formula is C21H18F4N6O. The van der Waals surface area contributed by atoms with Crippen LogP contribution in [0.4, 0.5) is 23.2 Å². The monoisotopic (exact) mass is 446 g/mol. The summed E-state index contributed by atoms with van der Waals surface area (Å²) in [6.45, 7) is 2.73. The maximum atomic E-state index is 13.8. The van der Waals surface area contributed by atoms with Crippen LogP contribution in [0.15, 0.2) is 42.7 Å². The molecule has 7 nitrogen and oxygen atoms in total. The van der Waals surface area contributed by atoms with Crippen molar-refractivity contribution in [3.05, 3.63) is 71.1 Å². The van der Waals surface area contributed by atoms with E-state index >= 15 is 0 Å². The minimum atomic E-state index is -4.57. The molecule has 166 valence electrons. The van der Waals surface area contributed by atoms with Gasteiger partial charge in [0.15, 0.2) is 5.65 Å². The van der Waals surface area contributed by atoms with Crippen LogP contribution >= 0.6 is 0 Å². The minimum absolute atomic E-state index is 0.0137. The van der Waals surface area contributed by atoms with E-state index in [4.69, 9.17) is 0 Å². The van der Waals surface area contributed by atoms with E-state index in [1.807, 2.05) is 0 Å². The van der Waals surface area contributed by atoms with E-state index in [0.29, 0.717) is 11.3 Å². The average molecular weight is 446 g/mol. The van der Waals surface area contributed by atoms with E-state index < -0.39 is 17.6 Å². The number of carbonyl (C=O) groups excluding carboxylic acids is 1. The number of nitrogens with one attached hydrogen (secondary N) is 1. The second kappa shape index (κ2) is 8.06. The fourth-order valence-corrected chi connectivity index (χ4v) is 3.46. The third-order valence-corrected chi connectivity index (χ3v) is 4.81. The zero-order valence-electron chi connectivity index (χ0n) is 17.1. The topological polar surface area (TPSA) is 77.6 Å². The number of benzene rings is 1. The van der Waals surface area contributed by atoms with Crippen LogP contribution < -0.4 is 5.32 Å². The molecule has 0 spiro atoms. The highest BCUT2D eigenvalue weighted by Gasteiger charge is 2.35. The van der Waals surface area contributed by atoms with Gasteiger partial charge in [-0.15, -0.1) is 0 Å². The summed E-state index contributed by atoms with van der Waals surface area (Å²) in [5.74, 6) is -0.882. The molecule has 0 aliphatic carbocycles. The van der Waals surface area contributed by atoms with Crippen LogP contribution in [0.25, 0.3) is 11.0 Å². The highest BCUT2D eigenvalue weighted by molar-refractivity contribution is 5.91. The van der Waals surface area contributed by atoms with Crippen LogP contribution in [0.2, 0.25) is 0 Å². The van der Waals surface area contributed by atoms with Crippen molar-refractivity contribution in [3.8, 4) is 0 Å². The van der Waals surface area contributed by atoms with E-state index in [9.17, 15) is 22.4 Å². The van der Waals surface area contributed by atoms with Crippen LogP contribution in [-0.2, 0) is 24.1 Å². The van der Waals surface area contributed by atoms with E-state index in [-0.39, 0.29) is 41.3 Å². The molecule has 1 amide bonds. The zero-order chi connectivity index (χ0) is 23.0. The number of hydrogen-bond acceptors (Lipinski definition) is 4. The first kappa shape index (κ1) is 21.5. The molecule has 4 rings (SSSR count). The second-order valence-corrected chi connectivity index (χ2v) is 7.32. The van der Waals surface area contributed by atoms with E-state index in [1.165, 1.54) is 37.0 Å². The lowest BCUT2D eigenvalue weighted by atomic mass is 10.1. The van der Waals surface area contributed by atoms with Crippen LogP contribution in [0, 0.1) is 19.7 Å². The van der Waals surface area contributed by atoms with Crippen molar-refractivity contribution in [1.29, 1.82) is 0 Å². The Balaban J connectivity index is 1.52. The van der Waals surface area contributed by atoms with E-state index in [1.54, 1.807) is 18.2 Å². The summed E-state index contributed by atoms with van der Waals surface area (Å²) < 4.78 is 56.7. The number of hydrogen-bond donors (Lipinski definition) is 1. The summed E-state index contributed by atoms with van der Waals surface area (Å²) in [6.07, 6.45) is -1.64. The molecule has 0 aliphatic heterocycles. The van der Waals surface area contributed by atoms with Gasteiger partial charge < -0.3 is 5.32 Å². The molecule has 0 fully saturated rings. The molecule has 0 bridgehead atoms. The number of amides is 1. The van der Waals surface area contributed by atoms with Gasteiger partial charge in [-0.3, -0.25) is 9.48 Å². The van der Waals surface area contributed by atoms with Gasteiger partial charge in [0.05, 0.1) is 35.1 Å². The fraction of sp³-hybridized carbons (Fsp3) is 0.238. The zero-order valence-corrected chi connectivity index (χ0v) is 17.1. The first-order chi connectivity index (χ1) is 15.1. The number of nitrogens with zero attached hydrogens (tertiary/aromatic N) is 5. The van der Waals surface area contributed by atoms with Crippen molar-refractivity contribution in [2.45, 2.75) is 33.1 Å². The van der Waals surface area contributed by atoms with Crippen LogP contribution in [0.3, 0.4) is 0 Å². The number of pyridine rings is 1. The molecule has 4 aromatic rings. The summed E-state index contributed by atoms with van der Waals surface area (Å²) in [7, 11) is 0.